The normalized spacial score (nSPS) is 11.5. The van der Waals surface area contributed by atoms with Crippen LogP contribution in [0.4, 0.5) is 0 Å². The second-order valence-electron chi connectivity index (χ2n) is 2.68. The third kappa shape index (κ3) is 3.83. The summed E-state index contributed by atoms with van der Waals surface area (Å²) in [5.41, 5.74) is 0. The van der Waals surface area contributed by atoms with Crippen molar-refractivity contribution in [3.63, 3.8) is 0 Å². The lowest BCUT2D eigenvalue weighted by Crippen LogP contribution is -2.27. The van der Waals surface area contributed by atoms with Gasteiger partial charge in [0.25, 0.3) is 6.29 Å². The summed E-state index contributed by atoms with van der Waals surface area (Å²) in [6, 6.07) is 8.78. The SMILES string of the molecule is C=CC(=O)OC(CO)Oc1ccccc1. The van der Waals surface area contributed by atoms with E-state index in [1.807, 2.05) is 6.07 Å². The first-order valence-electron chi connectivity index (χ1n) is 4.42. The third-order valence-electron chi connectivity index (χ3n) is 1.57. The lowest BCUT2D eigenvalue weighted by Gasteiger charge is -2.16. The number of rotatable bonds is 5. The van der Waals surface area contributed by atoms with E-state index in [1.54, 1.807) is 24.3 Å². The van der Waals surface area contributed by atoms with Gasteiger partial charge in [-0.2, -0.15) is 0 Å². The van der Waals surface area contributed by atoms with Gasteiger partial charge in [-0.1, -0.05) is 24.8 Å². The van der Waals surface area contributed by atoms with Crippen LogP contribution in [0.25, 0.3) is 0 Å². The first-order valence-corrected chi connectivity index (χ1v) is 4.42. The van der Waals surface area contributed by atoms with Gasteiger partial charge in [0.15, 0.2) is 0 Å². The van der Waals surface area contributed by atoms with Gasteiger partial charge in [-0.15, -0.1) is 0 Å². The van der Waals surface area contributed by atoms with Crippen LogP contribution >= 0.6 is 0 Å². The lowest BCUT2D eigenvalue weighted by atomic mass is 10.3. The van der Waals surface area contributed by atoms with Gasteiger partial charge in [0.2, 0.25) is 0 Å². The number of ether oxygens (including phenoxy) is 2. The zero-order valence-electron chi connectivity index (χ0n) is 8.13. The summed E-state index contributed by atoms with van der Waals surface area (Å²) in [7, 11) is 0. The quantitative estimate of drug-likeness (QED) is 0.447. The molecule has 0 saturated carbocycles. The van der Waals surface area contributed by atoms with Gasteiger partial charge >= 0.3 is 5.97 Å². The van der Waals surface area contributed by atoms with Crippen molar-refractivity contribution >= 4 is 5.97 Å². The molecule has 80 valence electrons. The second-order valence-corrected chi connectivity index (χ2v) is 2.68. The van der Waals surface area contributed by atoms with Crippen molar-refractivity contribution in [3.05, 3.63) is 43.0 Å². The van der Waals surface area contributed by atoms with E-state index in [0.717, 1.165) is 6.08 Å². The van der Waals surface area contributed by atoms with E-state index in [9.17, 15) is 4.79 Å². The summed E-state index contributed by atoms with van der Waals surface area (Å²) >= 11 is 0. The van der Waals surface area contributed by atoms with Gasteiger partial charge in [-0.3, -0.25) is 0 Å². The van der Waals surface area contributed by atoms with Crippen LogP contribution in [0.5, 0.6) is 5.75 Å². The fourth-order valence-electron chi connectivity index (χ4n) is 0.927. The van der Waals surface area contributed by atoms with E-state index in [1.165, 1.54) is 0 Å². The molecule has 1 rings (SSSR count). The molecule has 0 fully saturated rings. The molecular weight excluding hydrogens is 196 g/mol. The van der Waals surface area contributed by atoms with Crippen LogP contribution in [-0.2, 0) is 9.53 Å². The summed E-state index contributed by atoms with van der Waals surface area (Å²) in [5.74, 6) is -0.113. The molecule has 1 N–H and O–H groups in total. The maximum absolute atomic E-state index is 10.8. The molecule has 0 heterocycles. The molecule has 0 radical (unpaired) electrons. The molecule has 0 saturated heterocycles. The summed E-state index contributed by atoms with van der Waals surface area (Å²) in [6.07, 6.45) is 0.00898. The van der Waals surface area contributed by atoms with Crippen LogP contribution in [0.2, 0.25) is 0 Å². The number of esters is 1. The minimum Gasteiger partial charge on any atom is -0.452 e. The monoisotopic (exact) mass is 208 g/mol. The van der Waals surface area contributed by atoms with E-state index in [-0.39, 0.29) is 0 Å². The fraction of sp³-hybridized carbons (Fsp3) is 0.182. The number of para-hydroxylation sites is 1. The average Bonchev–Trinajstić information content (AvgIpc) is 2.29. The number of aliphatic hydroxyl groups is 1. The predicted octanol–water partition coefficient (Wildman–Crippen LogP) is 1.11. The highest BCUT2D eigenvalue weighted by Crippen LogP contribution is 2.11. The largest absolute Gasteiger partial charge is 0.452 e. The number of carbonyl (C=O) groups excluding carboxylic acids is 1. The molecule has 15 heavy (non-hydrogen) atoms. The number of carbonyl (C=O) groups is 1. The number of benzene rings is 1. The van der Waals surface area contributed by atoms with Crippen LogP contribution in [0.1, 0.15) is 0 Å². The van der Waals surface area contributed by atoms with Gasteiger partial charge in [0.1, 0.15) is 12.4 Å². The van der Waals surface area contributed by atoms with Crippen molar-refractivity contribution < 1.29 is 19.4 Å². The molecule has 1 aromatic rings. The van der Waals surface area contributed by atoms with Crippen molar-refractivity contribution in [1.29, 1.82) is 0 Å². The minimum absolute atomic E-state index is 0.408. The smallest absolute Gasteiger partial charge is 0.333 e. The molecule has 0 bridgehead atoms. The highest BCUT2D eigenvalue weighted by molar-refractivity contribution is 5.81. The first-order chi connectivity index (χ1) is 7.26. The first kappa shape index (κ1) is 11.3. The summed E-state index contributed by atoms with van der Waals surface area (Å²) in [6.45, 7) is 2.84. The van der Waals surface area contributed by atoms with Crippen molar-refractivity contribution in [2.24, 2.45) is 0 Å². The molecule has 1 unspecified atom stereocenters. The van der Waals surface area contributed by atoms with Crippen molar-refractivity contribution in [1.82, 2.24) is 0 Å². The summed E-state index contributed by atoms with van der Waals surface area (Å²) < 4.78 is 9.92. The number of hydrogen-bond acceptors (Lipinski definition) is 4. The van der Waals surface area contributed by atoms with Crippen molar-refractivity contribution in [2.45, 2.75) is 6.29 Å². The van der Waals surface area contributed by atoms with E-state index < -0.39 is 18.9 Å². The van der Waals surface area contributed by atoms with Crippen LogP contribution < -0.4 is 4.74 Å². The molecule has 1 atom stereocenters. The van der Waals surface area contributed by atoms with Crippen LogP contribution in [-0.4, -0.2) is 24.0 Å². The molecule has 0 aliphatic carbocycles. The highest BCUT2D eigenvalue weighted by atomic mass is 16.7. The summed E-state index contributed by atoms with van der Waals surface area (Å²) in [4.78, 5) is 10.8. The second kappa shape index (κ2) is 5.82. The number of hydrogen-bond donors (Lipinski definition) is 1. The predicted molar refractivity (Wildman–Crippen MR) is 54.2 cm³/mol. The maximum Gasteiger partial charge on any atom is 0.333 e. The molecule has 1 aromatic carbocycles. The van der Waals surface area contributed by atoms with E-state index >= 15 is 0 Å². The Morgan fingerprint density at radius 3 is 2.67 bits per heavy atom. The van der Waals surface area contributed by atoms with Crippen molar-refractivity contribution in [2.75, 3.05) is 6.61 Å². The van der Waals surface area contributed by atoms with E-state index in [0.29, 0.717) is 5.75 Å². The molecular formula is C11H12O4. The van der Waals surface area contributed by atoms with Crippen LogP contribution in [0.3, 0.4) is 0 Å². The molecule has 0 aliphatic heterocycles. The minimum atomic E-state index is -1.00. The fourth-order valence-corrected chi connectivity index (χ4v) is 0.927. The lowest BCUT2D eigenvalue weighted by molar-refractivity contribution is -0.162. The summed E-state index contributed by atoms with van der Waals surface area (Å²) in [5, 5.41) is 8.90. The highest BCUT2D eigenvalue weighted by Gasteiger charge is 2.12. The van der Waals surface area contributed by atoms with Crippen LogP contribution in [0, 0.1) is 0 Å². The number of aliphatic hydroxyl groups excluding tert-OH is 1. The molecule has 0 amide bonds. The third-order valence-corrected chi connectivity index (χ3v) is 1.57. The van der Waals surface area contributed by atoms with E-state index in [4.69, 9.17) is 14.6 Å². The molecule has 4 nitrogen and oxygen atoms in total. The molecule has 0 spiro atoms. The Balaban J connectivity index is 2.54. The molecule has 4 heteroatoms. The Kier molecular flexibility index (Phi) is 4.37. The standard InChI is InChI=1S/C11H12O4/c1-2-10(13)15-11(8-12)14-9-6-4-3-5-7-9/h2-7,11-12H,1,8H2. The Morgan fingerprint density at radius 2 is 2.13 bits per heavy atom. The Bertz CT molecular complexity index is 321. The van der Waals surface area contributed by atoms with E-state index in [2.05, 4.69) is 6.58 Å². The zero-order chi connectivity index (χ0) is 11.1. The van der Waals surface area contributed by atoms with Gasteiger partial charge in [0.05, 0.1) is 0 Å². The Morgan fingerprint density at radius 1 is 1.47 bits per heavy atom. The van der Waals surface area contributed by atoms with Crippen LogP contribution in [0.15, 0.2) is 43.0 Å². The Hall–Kier alpha value is -1.81. The average molecular weight is 208 g/mol. The maximum atomic E-state index is 10.8. The van der Waals surface area contributed by atoms with Gasteiger partial charge in [0, 0.05) is 6.08 Å². The van der Waals surface area contributed by atoms with Gasteiger partial charge in [-0.25, -0.2) is 4.79 Å². The van der Waals surface area contributed by atoms with Gasteiger partial charge in [-0.05, 0) is 12.1 Å². The Labute approximate surface area is 87.7 Å². The van der Waals surface area contributed by atoms with Gasteiger partial charge < -0.3 is 14.6 Å². The molecule has 0 aromatic heterocycles. The molecule has 0 aliphatic rings. The topological polar surface area (TPSA) is 55.8 Å². The zero-order valence-corrected chi connectivity index (χ0v) is 8.13. The van der Waals surface area contributed by atoms with Crippen molar-refractivity contribution in [3.8, 4) is 5.75 Å².